The van der Waals surface area contributed by atoms with Gasteiger partial charge < -0.3 is 15.4 Å². The van der Waals surface area contributed by atoms with Crippen LogP contribution in [0.2, 0.25) is 10.0 Å². The number of benzene rings is 4. The van der Waals surface area contributed by atoms with Crippen molar-refractivity contribution < 1.29 is 14.3 Å². The second-order valence-corrected chi connectivity index (χ2v) is 8.50. The Bertz CT molecular complexity index is 1500. The predicted molar refractivity (Wildman–Crippen MR) is 143 cm³/mol. The molecular weight excluding hydrogens is 497 g/mol. The van der Waals surface area contributed by atoms with Gasteiger partial charge in [0.15, 0.2) is 6.61 Å². The zero-order valence-electron chi connectivity index (χ0n) is 18.8. The van der Waals surface area contributed by atoms with Crippen LogP contribution in [-0.2, 0) is 9.59 Å². The maximum Gasteiger partial charge on any atom is 0.266 e. The van der Waals surface area contributed by atoms with Crippen LogP contribution in [0.4, 0.5) is 11.4 Å². The number of fused-ring (bicyclic) bond motifs is 1. The fourth-order valence-electron chi connectivity index (χ4n) is 3.42. The highest BCUT2D eigenvalue weighted by Crippen LogP contribution is 2.25. The number of nitrogens with zero attached hydrogens (tertiary/aromatic N) is 1. The lowest BCUT2D eigenvalue weighted by molar-refractivity contribution is -0.118. The average Bonchev–Trinajstić information content (AvgIpc) is 2.89. The largest absolute Gasteiger partial charge is 0.484 e. The summed E-state index contributed by atoms with van der Waals surface area (Å²) >= 11 is 11.8. The van der Waals surface area contributed by atoms with Crippen molar-refractivity contribution in [1.82, 2.24) is 0 Å². The molecule has 0 bridgehead atoms. The number of nitriles is 1. The Labute approximate surface area is 217 Å². The van der Waals surface area contributed by atoms with Crippen molar-refractivity contribution in [2.24, 2.45) is 0 Å². The Balaban J connectivity index is 1.37. The highest BCUT2D eigenvalue weighted by molar-refractivity contribution is 6.42. The highest BCUT2D eigenvalue weighted by Gasteiger charge is 2.12. The van der Waals surface area contributed by atoms with Gasteiger partial charge in [-0.05, 0) is 53.4 Å². The number of anilines is 2. The van der Waals surface area contributed by atoms with E-state index in [-0.39, 0.29) is 18.1 Å². The van der Waals surface area contributed by atoms with E-state index in [0.29, 0.717) is 32.7 Å². The molecule has 0 aromatic heterocycles. The first kappa shape index (κ1) is 24.8. The standard InChI is InChI=1S/C28H19Cl2N3O3/c29-24-13-10-21(15-25(24)30)32-27(34)17-36-22-11-8-18(9-12-22)14-20(16-31)28(35)33-26-7-3-5-19-4-1-2-6-23(19)26/h1-15H,17H2,(H,32,34)(H,33,35)/b20-14+. The van der Waals surface area contributed by atoms with Crippen molar-refractivity contribution in [3.63, 3.8) is 0 Å². The quantitative estimate of drug-likeness (QED) is 0.211. The number of amides is 2. The molecule has 36 heavy (non-hydrogen) atoms. The molecule has 0 saturated heterocycles. The molecular formula is C28H19Cl2N3O3. The van der Waals surface area contributed by atoms with Crippen LogP contribution in [0.3, 0.4) is 0 Å². The minimum atomic E-state index is -0.506. The summed E-state index contributed by atoms with van der Waals surface area (Å²) in [6.07, 6.45) is 1.49. The second-order valence-electron chi connectivity index (χ2n) is 7.69. The highest BCUT2D eigenvalue weighted by atomic mass is 35.5. The van der Waals surface area contributed by atoms with Gasteiger partial charge in [-0.2, -0.15) is 5.26 Å². The summed E-state index contributed by atoms with van der Waals surface area (Å²) < 4.78 is 5.51. The summed E-state index contributed by atoms with van der Waals surface area (Å²) in [5, 5.41) is 17.6. The molecule has 0 heterocycles. The van der Waals surface area contributed by atoms with Crippen LogP contribution in [0.1, 0.15) is 5.56 Å². The number of hydrogen-bond donors (Lipinski definition) is 2. The van der Waals surface area contributed by atoms with Crippen LogP contribution in [0.15, 0.2) is 90.5 Å². The van der Waals surface area contributed by atoms with Gasteiger partial charge in [0, 0.05) is 16.8 Å². The van der Waals surface area contributed by atoms with E-state index in [2.05, 4.69) is 10.6 Å². The second kappa shape index (κ2) is 11.4. The Hall–Kier alpha value is -4.31. The number of hydrogen-bond acceptors (Lipinski definition) is 4. The minimum absolute atomic E-state index is 0.0439. The van der Waals surface area contributed by atoms with E-state index in [9.17, 15) is 14.9 Å². The molecule has 178 valence electrons. The van der Waals surface area contributed by atoms with Crippen LogP contribution < -0.4 is 15.4 Å². The number of halogens is 2. The topological polar surface area (TPSA) is 91.2 Å². The lowest BCUT2D eigenvalue weighted by atomic mass is 10.1. The van der Waals surface area contributed by atoms with Crippen LogP contribution >= 0.6 is 23.2 Å². The molecule has 4 aromatic rings. The Morgan fingerprint density at radius 1 is 0.889 bits per heavy atom. The van der Waals surface area contributed by atoms with E-state index >= 15 is 0 Å². The molecule has 0 fully saturated rings. The van der Waals surface area contributed by atoms with Crippen molar-refractivity contribution in [2.75, 3.05) is 17.2 Å². The molecule has 0 spiro atoms. The molecule has 0 aliphatic rings. The third-order valence-corrected chi connectivity index (χ3v) is 5.91. The molecule has 6 nitrogen and oxygen atoms in total. The number of carbonyl (C=O) groups is 2. The third kappa shape index (κ3) is 6.22. The molecule has 0 atom stereocenters. The van der Waals surface area contributed by atoms with Crippen LogP contribution in [0.25, 0.3) is 16.8 Å². The molecule has 0 aliphatic heterocycles. The minimum Gasteiger partial charge on any atom is -0.484 e. The number of nitrogens with one attached hydrogen (secondary N) is 2. The maximum atomic E-state index is 12.7. The first-order chi connectivity index (χ1) is 17.4. The van der Waals surface area contributed by atoms with Crippen LogP contribution in [-0.4, -0.2) is 18.4 Å². The summed E-state index contributed by atoms with van der Waals surface area (Å²) in [5.41, 5.74) is 1.72. The molecule has 4 aromatic carbocycles. The first-order valence-electron chi connectivity index (χ1n) is 10.8. The van der Waals surface area contributed by atoms with Gasteiger partial charge in [0.05, 0.1) is 10.0 Å². The molecule has 8 heteroatoms. The van der Waals surface area contributed by atoms with Gasteiger partial charge in [-0.25, -0.2) is 0 Å². The van der Waals surface area contributed by atoms with E-state index in [1.165, 1.54) is 6.08 Å². The fourth-order valence-corrected chi connectivity index (χ4v) is 3.72. The molecule has 4 rings (SSSR count). The number of rotatable bonds is 7. The number of ether oxygens (including phenoxy) is 1. The van der Waals surface area contributed by atoms with Crippen molar-refractivity contribution in [2.45, 2.75) is 0 Å². The Morgan fingerprint density at radius 3 is 2.39 bits per heavy atom. The SMILES string of the molecule is N#C/C(=C\c1ccc(OCC(=O)Nc2ccc(Cl)c(Cl)c2)cc1)C(=O)Nc1cccc2ccccc12. The van der Waals surface area contributed by atoms with Gasteiger partial charge in [-0.15, -0.1) is 0 Å². The van der Waals surface area contributed by atoms with Crippen molar-refractivity contribution >= 4 is 63.2 Å². The smallest absolute Gasteiger partial charge is 0.266 e. The molecule has 0 saturated carbocycles. The normalized spacial score (nSPS) is 11.0. The van der Waals surface area contributed by atoms with Gasteiger partial charge in [-0.3, -0.25) is 9.59 Å². The summed E-state index contributed by atoms with van der Waals surface area (Å²) in [6.45, 7) is -0.216. The summed E-state index contributed by atoms with van der Waals surface area (Å²) in [7, 11) is 0. The Morgan fingerprint density at radius 2 is 1.64 bits per heavy atom. The van der Waals surface area contributed by atoms with E-state index in [1.807, 2.05) is 42.5 Å². The molecule has 0 unspecified atom stereocenters. The zero-order chi connectivity index (χ0) is 25.5. The molecule has 0 radical (unpaired) electrons. The van der Waals surface area contributed by atoms with Crippen molar-refractivity contribution in [1.29, 1.82) is 5.26 Å². The zero-order valence-corrected chi connectivity index (χ0v) is 20.3. The molecule has 2 amide bonds. The van der Waals surface area contributed by atoms with Crippen LogP contribution in [0, 0.1) is 11.3 Å². The van der Waals surface area contributed by atoms with Gasteiger partial charge in [0.25, 0.3) is 11.8 Å². The molecule has 0 aliphatic carbocycles. The van der Waals surface area contributed by atoms with E-state index in [0.717, 1.165) is 10.8 Å². The van der Waals surface area contributed by atoms with E-state index in [4.69, 9.17) is 27.9 Å². The lowest BCUT2D eigenvalue weighted by Crippen LogP contribution is -2.20. The van der Waals surface area contributed by atoms with E-state index in [1.54, 1.807) is 48.5 Å². The summed E-state index contributed by atoms with van der Waals surface area (Å²) in [6, 6.07) is 26.7. The molecule has 2 N–H and O–H groups in total. The van der Waals surface area contributed by atoms with Gasteiger partial charge in [0.1, 0.15) is 17.4 Å². The average molecular weight is 516 g/mol. The monoisotopic (exact) mass is 515 g/mol. The maximum absolute atomic E-state index is 12.7. The van der Waals surface area contributed by atoms with E-state index < -0.39 is 5.91 Å². The summed E-state index contributed by atoms with van der Waals surface area (Å²) in [4.78, 5) is 24.9. The van der Waals surface area contributed by atoms with Crippen molar-refractivity contribution in [3.8, 4) is 11.8 Å². The third-order valence-electron chi connectivity index (χ3n) is 5.17. The predicted octanol–water partition coefficient (Wildman–Crippen LogP) is 6.71. The lowest BCUT2D eigenvalue weighted by Gasteiger charge is -2.09. The van der Waals surface area contributed by atoms with Crippen molar-refractivity contribution in [3.05, 3.63) is 106 Å². The first-order valence-corrected chi connectivity index (χ1v) is 11.6. The Kier molecular flexibility index (Phi) is 7.86. The fraction of sp³-hybridized carbons (Fsp3) is 0.0357. The number of carbonyl (C=O) groups excluding carboxylic acids is 2. The van der Waals surface area contributed by atoms with Gasteiger partial charge in [-0.1, -0.05) is 71.7 Å². The van der Waals surface area contributed by atoms with Gasteiger partial charge in [0.2, 0.25) is 0 Å². The van der Waals surface area contributed by atoms with Gasteiger partial charge >= 0.3 is 0 Å². The summed E-state index contributed by atoms with van der Waals surface area (Å²) in [5.74, 6) is -0.419. The van der Waals surface area contributed by atoms with Crippen LogP contribution in [0.5, 0.6) is 5.75 Å².